The van der Waals surface area contributed by atoms with E-state index in [0.29, 0.717) is 17.4 Å². The van der Waals surface area contributed by atoms with E-state index in [9.17, 15) is 4.79 Å². The lowest BCUT2D eigenvalue weighted by Crippen LogP contribution is -2.40. The summed E-state index contributed by atoms with van der Waals surface area (Å²) >= 11 is 0. The summed E-state index contributed by atoms with van der Waals surface area (Å²) in [6.45, 7) is 4.33. The lowest BCUT2D eigenvalue weighted by atomic mass is 9.80. The number of benzene rings is 1. The van der Waals surface area contributed by atoms with Crippen molar-refractivity contribution in [1.82, 2.24) is 5.32 Å². The number of carbonyl (C=O) groups excluding carboxylic acids is 1. The maximum Gasteiger partial charge on any atom is 0.251 e. The fourth-order valence-corrected chi connectivity index (χ4v) is 3.21. The van der Waals surface area contributed by atoms with Crippen molar-refractivity contribution in [3.63, 3.8) is 0 Å². The van der Waals surface area contributed by atoms with Gasteiger partial charge >= 0.3 is 0 Å². The normalized spacial score (nSPS) is 24.8. The quantitative estimate of drug-likeness (QED) is 0.821. The van der Waals surface area contributed by atoms with Gasteiger partial charge in [0, 0.05) is 17.2 Å². The average Bonchev–Trinajstić information content (AvgIpc) is 2.44. The predicted octanol–water partition coefficient (Wildman–Crippen LogP) is 2.58. The molecule has 21 heavy (non-hydrogen) atoms. The summed E-state index contributed by atoms with van der Waals surface area (Å²) in [5, 5.41) is 11.9. The number of carbonyl (C=O) groups is 1. The first kappa shape index (κ1) is 15.6. The van der Waals surface area contributed by atoms with Crippen LogP contribution in [-0.2, 0) is 0 Å². The fraction of sp³-hybridized carbons (Fsp3) is 0.500. The van der Waals surface area contributed by atoms with Gasteiger partial charge in [0.15, 0.2) is 0 Å². The van der Waals surface area contributed by atoms with Crippen molar-refractivity contribution in [3.8, 4) is 11.8 Å². The number of nitrogens with one attached hydrogen (secondary N) is 1. The van der Waals surface area contributed by atoms with Gasteiger partial charge in [-0.3, -0.25) is 4.79 Å². The minimum atomic E-state index is -0.172. The van der Waals surface area contributed by atoms with Gasteiger partial charge in [-0.1, -0.05) is 31.8 Å². The lowest BCUT2D eigenvalue weighted by molar-refractivity contribution is 0.0911. The molecule has 1 fully saturated rings. The maximum absolute atomic E-state index is 12.3. The Morgan fingerprint density at radius 3 is 2.67 bits per heavy atom. The Balaban J connectivity index is 2.03. The molecule has 0 radical (unpaired) electrons. The average molecular weight is 285 g/mol. The molecule has 1 aliphatic carbocycles. The Kier molecular flexibility index (Phi) is 5.41. The van der Waals surface area contributed by atoms with Crippen molar-refractivity contribution >= 4 is 5.91 Å². The Bertz CT molecular complexity index is 546. The summed E-state index contributed by atoms with van der Waals surface area (Å²) in [5.41, 5.74) is 1.38. The SMILES string of the molecule is CC1CC(C)CC(NC(=O)c2cccc(C#CCO)c2)C1. The number of aliphatic hydroxyl groups is 1. The fourth-order valence-electron chi connectivity index (χ4n) is 3.21. The van der Waals surface area contributed by atoms with E-state index in [2.05, 4.69) is 31.0 Å². The summed E-state index contributed by atoms with van der Waals surface area (Å²) in [6.07, 6.45) is 3.36. The highest BCUT2D eigenvalue weighted by atomic mass is 16.2. The third-order valence-electron chi connectivity index (χ3n) is 3.95. The summed E-state index contributed by atoms with van der Waals surface area (Å²) in [5.74, 6) is 6.73. The van der Waals surface area contributed by atoms with Crippen molar-refractivity contribution in [3.05, 3.63) is 35.4 Å². The molecule has 2 unspecified atom stereocenters. The van der Waals surface area contributed by atoms with Crippen LogP contribution in [0.3, 0.4) is 0 Å². The van der Waals surface area contributed by atoms with Crippen LogP contribution in [0.25, 0.3) is 0 Å². The molecule has 3 heteroatoms. The first-order valence-electron chi connectivity index (χ1n) is 7.59. The van der Waals surface area contributed by atoms with Gasteiger partial charge in [0.2, 0.25) is 0 Å². The first-order valence-corrected chi connectivity index (χ1v) is 7.59. The van der Waals surface area contributed by atoms with Gasteiger partial charge in [-0.15, -0.1) is 0 Å². The molecule has 0 aliphatic heterocycles. The predicted molar refractivity (Wildman–Crippen MR) is 83.8 cm³/mol. The molecule has 1 aliphatic rings. The largest absolute Gasteiger partial charge is 0.384 e. The summed E-state index contributed by atoms with van der Waals surface area (Å²) < 4.78 is 0. The number of hydrogen-bond acceptors (Lipinski definition) is 2. The van der Waals surface area contributed by atoms with Gasteiger partial charge in [0.05, 0.1) is 0 Å². The second-order valence-corrected chi connectivity index (χ2v) is 6.13. The van der Waals surface area contributed by atoms with Gasteiger partial charge in [-0.05, 0) is 49.3 Å². The molecule has 2 rings (SSSR count). The number of aliphatic hydroxyl groups excluding tert-OH is 1. The number of rotatable bonds is 2. The van der Waals surface area contributed by atoms with Gasteiger partial charge in [-0.2, -0.15) is 0 Å². The van der Waals surface area contributed by atoms with E-state index in [-0.39, 0.29) is 18.6 Å². The van der Waals surface area contributed by atoms with Gasteiger partial charge in [0.1, 0.15) is 6.61 Å². The van der Waals surface area contributed by atoms with Gasteiger partial charge in [0.25, 0.3) is 5.91 Å². The van der Waals surface area contributed by atoms with Crippen LogP contribution in [0, 0.1) is 23.7 Å². The molecule has 2 N–H and O–H groups in total. The molecular weight excluding hydrogens is 262 g/mol. The molecular formula is C18H23NO2. The van der Waals surface area contributed by atoms with Crippen LogP contribution in [0.2, 0.25) is 0 Å². The third kappa shape index (κ3) is 4.61. The monoisotopic (exact) mass is 285 g/mol. The van der Waals surface area contributed by atoms with E-state index in [1.807, 2.05) is 12.1 Å². The minimum absolute atomic E-state index is 0.0334. The highest BCUT2D eigenvalue weighted by Gasteiger charge is 2.25. The zero-order valence-corrected chi connectivity index (χ0v) is 12.7. The maximum atomic E-state index is 12.3. The summed E-state index contributed by atoms with van der Waals surface area (Å²) in [4.78, 5) is 12.3. The number of amides is 1. The molecule has 1 amide bonds. The summed E-state index contributed by atoms with van der Waals surface area (Å²) in [6, 6.07) is 7.50. The van der Waals surface area contributed by atoms with Crippen molar-refractivity contribution < 1.29 is 9.90 Å². The molecule has 1 saturated carbocycles. The van der Waals surface area contributed by atoms with Crippen LogP contribution in [-0.4, -0.2) is 23.7 Å². The molecule has 0 heterocycles. The second-order valence-electron chi connectivity index (χ2n) is 6.13. The Morgan fingerprint density at radius 2 is 2.00 bits per heavy atom. The van der Waals surface area contributed by atoms with Gasteiger partial charge < -0.3 is 10.4 Å². The molecule has 112 valence electrons. The van der Waals surface area contributed by atoms with E-state index in [4.69, 9.17) is 5.11 Å². The highest BCUT2D eigenvalue weighted by Crippen LogP contribution is 2.28. The Hall–Kier alpha value is -1.79. The minimum Gasteiger partial charge on any atom is -0.384 e. The van der Waals surface area contributed by atoms with E-state index < -0.39 is 0 Å². The van der Waals surface area contributed by atoms with Crippen LogP contribution in [0.15, 0.2) is 24.3 Å². The van der Waals surface area contributed by atoms with Crippen LogP contribution in [0.4, 0.5) is 0 Å². The number of hydrogen-bond donors (Lipinski definition) is 2. The Labute approximate surface area is 126 Å². The lowest BCUT2D eigenvalue weighted by Gasteiger charge is -2.32. The van der Waals surface area contributed by atoms with Crippen LogP contribution in [0.1, 0.15) is 49.0 Å². The van der Waals surface area contributed by atoms with Crippen LogP contribution in [0.5, 0.6) is 0 Å². The summed E-state index contributed by atoms with van der Waals surface area (Å²) in [7, 11) is 0. The molecule has 0 bridgehead atoms. The van der Waals surface area contributed by atoms with Crippen molar-refractivity contribution in [1.29, 1.82) is 0 Å². The molecule has 0 saturated heterocycles. The zero-order chi connectivity index (χ0) is 15.2. The van der Waals surface area contributed by atoms with Crippen LogP contribution >= 0.6 is 0 Å². The van der Waals surface area contributed by atoms with Crippen molar-refractivity contribution in [2.75, 3.05) is 6.61 Å². The van der Waals surface area contributed by atoms with Crippen molar-refractivity contribution in [2.24, 2.45) is 11.8 Å². The van der Waals surface area contributed by atoms with E-state index in [1.165, 1.54) is 6.42 Å². The van der Waals surface area contributed by atoms with E-state index in [0.717, 1.165) is 18.4 Å². The van der Waals surface area contributed by atoms with Crippen LogP contribution < -0.4 is 5.32 Å². The molecule has 1 aromatic rings. The molecule has 1 aromatic carbocycles. The van der Waals surface area contributed by atoms with E-state index >= 15 is 0 Å². The van der Waals surface area contributed by atoms with Crippen molar-refractivity contribution in [2.45, 2.75) is 39.2 Å². The molecule has 0 spiro atoms. The molecule has 3 nitrogen and oxygen atoms in total. The third-order valence-corrected chi connectivity index (χ3v) is 3.95. The highest BCUT2D eigenvalue weighted by molar-refractivity contribution is 5.94. The van der Waals surface area contributed by atoms with E-state index in [1.54, 1.807) is 12.1 Å². The Morgan fingerprint density at radius 1 is 1.29 bits per heavy atom. The van der Waals surface area contributed by atoms with Gasteiger partial charge in [-0.25, -0.2) is 0 Å². The smallest absolute Gasteiger partial charge is 0.251 e. The standard InChI is InChI=1S/C18H23NO2/c1-13-9-14(2)11-17(10-13)19-18(21)16-7-3-5-15(12-16)6-4-8-20/h3,5,7,12-14,17,20H,8-11H2,1-2H3,(H,19,21). The topological polar surface area (TPSA) is 49.3 Å². The molecule has 0 aromatic heterocycles. The second kappa shape index (κ2) is 7.28. The first-order chi connectivity index (χ1) is 10.1. The zero-order valence-electron chi connectivity index (χ0n) is 12.7. The molecule has 2 atom stereocenters.